The molecule has 0 radical (unpaired) electrons. The Morgan fingerprint density at radius 2 is 0.652 bits per heavy atom. The second kappa shape index (κ2) is 7.89. The summed E-state index contributed by atoms with van der Waals surface area (Å²) in [4.78, 5) is 0. The summed E-state index contributed by atoms with van der Waals surface area (Å²) in [5.74, 6) is -14.3. The van der Waals surface area contributed by atoms with E-state index < -0.39 is 24.2 Å². The standard InChI is InChI=1S/C8H20N.C4F10/c1-5-9(6-2,7-3)8-4;5-1(6,3(9,10)11)2(7,8)4(12,13)14/h5-8H2,1-4H3;/q+1;. The van der Waals surface area contributed by atoms with E-state index in [9.17, 15) is 43.9 Å². The molecule has 0 spiro atoms. The Bertz CT molecular complexity index is 299. The van der Waals surface area contributed by atoms with Gasteiger partial charge in [-0.1, -0.05) is 0 Å². The van der Waals surface area contributed by atoms with Crippen LogP contribution in [0.25, 0.3) is 0 Å². The fraction of sp³-hybridized carbons (Fsp3) is 1.00. The van der Waals surface area contributed by atoms with Gasteiger partial charge in [0.15, 0.2) is 0 Å². The average Bonchev–Trinajstić information content (AvgIpc) is 2.40. The predicted octanol–water partition coefficient (Wildman–Crippen LogP) is 5.26. The monoisotopic (exact) mass is 368 g/mol. The minimum Gasteiger partial charge on any atom is -0.325 e. The van der Waals surface area contributed by atoms with Crippen molar-refractivity contribution in [3.63, 3.8) is 0 Å². The molecule has 0 aromatic heterocycles. The van der Waals surface area contributed by atoms with Crippen molar-refractivity contribution < 1.29 is 48.4 Å². The van der Waals surface area contributed by atoms with E-state index in [1.807, 2.05) is 0 Å². The van der Waals surface area contributed by atoms with Crippen molar-refractivity contribution in [3.8, 4) is 0 Å². The molecular formula is C12H20F10N+. The van der Waals surface area contributed by atoms with Gasteiger partial charge in [-0.3, -0.25) is 0 Å². The molecular weight excluding hydrogens is 348 g/mol. The van der Waals surface area contributed by atoms with Gasteiger partial charge in [-0.2, -0.15) is 43.9 Å². The van der Waals surface area contributed by atoms with Crippen LogP contribution in [0.15, 0.2) is 0 Å². The molecule has 11 heteroatoms. The third-order valence-corrected chi connectivity index (χ3v) is 3.79. The van der Waals surface area contributed by atoms with E-state index in [1.54, 1.807) is 0 Å². The van der Waals surface area contributed by atoms with E-state index in [2.05, 4.69) is 27.7 Å². The third kappa shape index (κ3) is 5.39. The van der Waals surface area contributed by atoms with Crippen molar-refractivity contribution in [2.24, 2.45) is 0 Å². The summed E-state index contributed by atoms with van der Waals surface area (Å²) in [5.41, 5.74) is 0. The molecule has 0 atom stereocenters. The highest BCUT2D eigenvalue weighted by atomic mass is 19.4. The minimum absolute atomic E-state index is 1.28. The highest BCUT2D eigenvalue weighted by Gasteiger charge is 2.82. The molecule has 0 aromatic rings. The van der Waals surface area contributed by atoms with E-state index in [-0.39, 0.29) is 0 Å². The number of hydrogen-bond acceptors (Lipinski definition) is 0. The zero-order valence-electron chi connectivity index (χ0n) is 13.1. The molecule has 0 saturated heterocycles. The fourth-order valence-corrected chi connectivity index (χ4v) is 1.70. The van der Waals surface area contributed by atoms with Crippen molar-refractivity contribution in [1.29, 1.82) is 0 Å². The Morgan fingerprint density at radius 3 is 0.696 bits per heavy atom. The Balaban J connectivity index is 0. The quantitative estimate of drug-likeness (QED) is 0.458. The first kappa shape index (κ1) is 24.5. The maximum absolute atomic E-state index is 11.6. The van der Waals surface area contributed by atoms with Crippen LogP contribution in [0, 0.1) is 0 Å². The molecule has 0 aliphatic heterocycles. The first-order chi connectivity index (χ1) is 9.99. The summed E-state index contributed by atoms with van der Waals surface area (Å²) in [7, 11) is 0. The van der Waals surface area contributed by atoms with Gasteiger partial charge < -0.3 is 4.48 Å². The summed E-state index contributed by atoms with van der Waals surface area (Å²) >= 11 is 0. The van der Waals surface area contributed by atoms with Crippen LogP contribution in [0.1, 0.15) is 27.7 Å². The van der Waals surface area contributed by atoms with Gasteiger partial charge in [0, 0.05) is 0 Å². The van der Waals surface area contributed by atoms with E-state index in [1.165, 1.54) is 30.7 Å². The molecule has 0 aromatic carbocycles. The molecule has 1 nitrogen and oxygen atoms in total. The van der Waals surface area contributed by atoms with Crippen LogP contribution in [0.4, 0.5) is 43.9 Å². The van der Waals surface area contributed by atoms with Gasteiger partial charge in [-0.15, -0.1) is 0 Å². The first-order valence-corrected chi connectivity index (χ1v) is 6.73. The number of nitrogens with zero attached hydrogens (tertiary/aromatic N) is 1. The zero-order valence-corrected chi connectivity index (χ0v) is 13.1. The molecule has 0 heterocycles. The van der Waals surface area contributed by atoms with Crippen LogP contribution in [-0.4, -0.2) is 54.9 Å². The Hall–Kier alpha value is -0.740. The maximum atomic E-state index is 11.6. The van der Waals surface area contributed by atoms with Crippen LogP contribution >= 0.6 is 0 Å². The van der Waals surface area contributed by atoms with Crippen LogP contribution < -0.4 is 0 Å². The number of alkyl halides is 10. The number of quaternary nitrogens is 1. The Labute approximate surface area is 127 Å². The molecule has 142 valence electrons. The molecule has 0 saturated carbocycles. The molecule has 0 amide bonds. The lowest BCUT2D eigenvalue weighted by molar-refractivity contribution is -0.921. The topological polar surface area (TPSA) is 0 Å². The second-order valence-electron chi connectivity index (χ2n) is 4.75. The number of halogens is 10. The second-order valence-corrected chi connectivity index (χ2v) is 4.75. The van der Waals surface area contributed by atoms with Gasteiger partial charge in [0.25, 0.3) is 0 Å². The third-order valence-electron chi connectivity index (χ3n) is 3.79. The first-order valence-electron chi connectivity index (χ1n) is 6.73. The lowest BCUT2D eigenvalue weighted by atomic mass is 10.1. The van der Waals surface area contributed by atoms with E-state index in [4.69, 9.17) is 0 Å². The molecule has 23 heavy (non-hydrogen) atoms. The van der Waals surface area contributed by atoms with Crippen molar-refractivity contribution in [3.05, 3.63) is 0 Å². The highest BCUT2D eigenvalue weighted by Crippen LogP contribution is 2.53. The number of rotatable bonds is 5. The molecule has 0 aliphatic rings. The van der Waals surface area contributed by atoms with E-state index in [0.717, 1.165) is 0 Å². The summed E-state index contributed by atoms with van der Waals surface area (Å²) in [5, 5.41) is 0. The summed E-state index contributed by atoms with van der Waals surface area (Å²) in [6.07, 6.45) is -13.9. The van der Waals surface area contributed by atoms with Crippen LogP contribution in [-0.2, 0) is 0 Å². The largest absolute Gasteiger partial charge is 0.460 e. The van der Waals surface area contributed by atoms with Crippen LogP contribution in [0.3, 0.4) is 0 Å². The Morgan fingerprint density at radius 1 is 0.478 bits per heavy atom. The van der Waals surface area contributed by atoms with Crippen molar-refractivity contribution >= 4 is 0 Å². The molecule has 0 bridgehead atoms. The highest BCUT2D eigenvalue weighted by molar-refractivity contribution is 4.95. The van der Waals surface area contributed by atoms with E-state index >= 15 is 0 Å². The molecule has 0 N–H and O–H groups in total. The van der Waals surface area contributed by atoms with Crippen molar-refractivity contribution in [2.45, 2.75) is 51.9 Å². The molecule has 0 unspecified atom stereocenters. The molecule has 0 fully saturated rings. The minimum atomic E-state index is -7.14. The molecule has 0 aliphatic carbocycles. The van der Waals surface area contributed by atoms with Crippen molar-refractivity contribution in [2.75, 3.05) is 26.2 Å². The SMILES string of the molecule is CC[N+](CC)(CC)CC.FC(F)(F)C(F)(F)C(F)(F)C(F)(F)F. The summed E-state index contributed by atoms with van der Waals surface area (Å²) in [6.45, 7) is 14.2. The smallest absolute Gasteiger partial charge is 0.325 e. The fourth-order valence-electron chi connectivity index (χ4n) is 1.70. The van der Waals surface area contributed by atoms with Crippen LogP contribution in [0.5, 0.6) is 0 Å². The lowest BCUT2D eigenvalue weighted by Crippen LogP contribution is -2.59. The lowest BCUT2D eigenvalue weighted by Gasteiger charge is -2.34. The Kier molecular flexibility index (Phi) is 8.41. The molecule has 0 rings (SSSR count). The normalized spacial score (nSPS) is 14.3. The zero-order chi connectivity index (χ0) is 19.3. The van der Waals surface area contributed by atoms with Gasteiger partial charge in [-0.05, 0) is 27.7 Å². The number of hydrogen-bond donors (Lipinski definition) is 0. The average molecular weight is 368 g/mol. The van der Waals surface area contributed by atoms with Crippen molar-refractivity contribution in [1.82, 2.24) is 0 Å². The van der Waals surface area contributed by atoms with E-state index in [0.29, 0.717) is 0 Å². The van der Waals surface area contributed by atoms with Gasteiger partial charge in [0.2, 0.25) is 0 Å². The predicted molar refractivity (Wildman–Crippen MR) is 64.4 cm³/mol. The summed E-state index contributed by atoms with van der Waals surface area (Å²) in [6, 6.07) is 0. The van der Waals surface area contributed by atoms with Gasteiger partial charge >= 0.3 is 24.2 Å². The maximum Gasteiger partial charge on any atom is 0.460 e. The van der Waals surface area contributed by atoms with Gasteiger partial charge in [0.1, 0.15) is 0 Å². The van der Waals surface area contributed by atoms with Gasteiger partial charge in [-0.25, -0.2) is 0 Å². The van der Waals surface area contributed by atoms with Gasteiger partial charge in [0.05, 0.1) is 26.2 Å². The summed E-state index contributed by atoms with van der Waals surface area (Å²) < 4.78 is 114. The van der Waals surface area contributed by atoms with Crippen LogP contribution in [0.2, 0.25) is 0 Å².